The second kappa shape index (κ2) is 4.52. The first-order chi connectivity index (χ1) is 9.03. The van der Waals surface area contributed by atoms with Gasteiger partial charge in [-0.25, -0.2) is 0 Å². The zero-order chi connectivity index (χ0) is 13.5. The zero-order valence-corrected chi connectivity index (χ0v) is 10.2. The molecule has 1 saturated carbocycles. The van der Waals surface area contributed by atoms with Gasteiger partial charge in [0.15, 0.2) is 11.5 Å². The van der Waals surface area contributed by atoms with Crippen LogP contribution in [0.5, 0.6) is 11.5 Å². The summed E-state index contributed by atoms with van der Waals surface area (Å²) in [5.41, 5.74) is 0.644. The van der Waals surface area contributed by atoms with Crippen LogP contribution >= 0.6 is 0 Å². The van der Waals surface area contributed by atoms with E-state index >= 15 is 0 Å². The molecule has 19 heavy (non-hydrogen) atoms. The van der Waals surface area contributed by atoms with Crippen LogP contribution in [0.4, 0.5) is 14.5 Å². The standard InChI is InChI=1S/C13H15F2NO3/c14-13(15)18-11-6-5-8(7-12(11)19-13)16-9-3-1-2-4-10(9)17/h5-7,9-10,16-17H,1-4H2/t9-,10-/m0/s1. The van der Waals surface area contributed by atoms with Crippen LogP contribution in [0.1, 0.15) is 25.7 Å². The highest BCUT2D eigenvalue weighted by atomic mass is 19.3. The fourth-order valence-corrected chi connectivity index (χ4v) is 2.53. The highest BCUT2D eigenvalue weighted by molar-refractivity contribution is 5.56. The number of aliphatic hydroxyl groups is 1. The molecule has 104 valence electrons. The van der Waals surface area contributed by atoms with E-state index in [9.17, 15) is 13.9 Å². The first-order valence-electron chi connectivity index (χ1n) is 6.38. The van der Waals surface area contributed by atoms with E-state index in [0.29, 0.717) is 5.69 Å². The van der Waals surface area contributed by atoms with Gasteiger partial charge in [-0.1, -0.05) is 12.8 Å². The number of hydrogen-bond acceptors (Lipinski definition) is 4. The zero-order valence-electron chi connectivity index (χ0n) is 10.2. The molecular weight excluding hydrogens is 256 g/mol. The molecule has 0 aromatic heterocycles. The second-order valence-electron chi connectivity index (χ2n) is 4.93. The summed E-state index contributed by atoms with van der Waals surface area (Å²) >= 11 is 0. The molecule has 2 N–H and O–H groups in total. The fraction of sp³-hybridized carbons (Fsp3) is 0.538. The number of benzene rings is 1. The maximum absolute atomic E-state index is 12.9. The lowest BCUT2D eigenvalue weighted by atomic mass is 9.92. The highest BCUT2D eigenvalue weighted by Gasteiger charge is 2.43. The topological polar surface area (TPSA) is 50.7 Å². The summed E-state index contributed by atoms with van der Waals surface area (Å²) in [5, 5.41) is 13.0. The minimum atomic E-state index is -3.59. The molecule has 0 spiro atoms. The van der Waals surface area contributed by atoms with Crippen LogP contribution < -0.4 is 14.8 Å². The second-order valence-corrected chi connectivity index (χ2v) is 4.93. The van der Waals surface area contributed by atoms with E-state index in [0.717, 1.165) is 25.7 Å². The Morgan fingerprint density at radius 1 is 1.16 bits per heavy atom. The molecule has 0 saturated heterocycles. The van der Waals surface area contributed by atoms with Crippen molar-refractivity contribution in [1.29, 1.82) is 0 Å². The Kier molecular flexibility index (Phi) is 2.97. The van der Waals surface area contributed by atoms with E-state index in [1.807, 2.05) is 0 Å². The van der Waals surface area contributed by atoms with Crippen LogP contribution in [0.3, 0.4) is 0 Å². The quantitative estimate of drug-likeness (QED) is 0.868. The molecule has 4 nitrogen and oxygen atoms in total. The summed E-state index contributed by atoms with van der Waals surface area (Å²) in [5.74, 6) is 0.0417. The normalized spacial score (nSPS) is 28.2. The predicted molar refractivity (Wildman–Crippen MR) is 64.5 cm³/mol. The van der Waals surface area contributed by atoms with E-state index in [-0.39, 0.29) is 17.5 Å². The smallest absolute Gasteiger partial charge is 0.395 e. The number of anilines is 1. The van der Waals surface area contributed by atoms with Gasteiger partial charge in [0, 0.05) is 11.8 Å². The SMILES string of the molecule is O[C@H]1CCCC[C@@H]1Nc1ccc2c(c1)OC(F)(F)O2. The Morgan fingerprint density at radius 3 is 2.68 bits per heavy atom. The van der Waals surface area contributed by atoms with Crippen molar-refractivity contribution in [2.24, 2.45) is 0 Å². The van der Waals surface area contributed by atoms with Gasteiger partial charge < -0.3 is 19.9 Å². The molecule has 0 bridgehead atoms. The van der Waals surface area contributed by atoms with E-state index in [1.54, 1.807) is 6.07 Å². The molecule has 2 atom stereocenters. The van der Waals surface area contributed by atoms with Crippen molar-refractivity contribution in [3.05, 3.63) is 18.2 Å². The van der Waals surface area contributed by atoms with Crippen LogP contribution in [-0.4, -0.2) is 23.5 Å². The van der Waals surface area contributed by atoms with Crippen molar-refractivity contribution in [3.8, 4) is 11.5 Å². The van der Waals surface area contributed by atoms with Gasteiger partial charge >= 0.3 is 6.29 Å². The summed E-state index contributed by atoms with van der Waals surface area (Å²) in [4.78, 5) is 0. The minimum absolute atomic E-state index is 0.0142. The first-order valence-corrected chi connectivity index (χ1v) is 6.38. The fourth-order valence-electron chi connectivity index (χ4n) is 2.53. The molecule has 0 amide bonds. The molecule has 0 unspecified atom stereocenters. The molecule has 1 aromatic carbocycles. The average molecular weight is 271 g/mol. The van der Waals surface area contributed by atoms with E-state index in [1.165, 1.54) is 12.1 Å². The third-order valence-corrected chi connectivity index (χ3v) is 3.48. The van der Waals surface area contributed by atoms with Crippen molar-refractivity contribution in [2.75, 3.05) is 5.32 Å². The molecule has 0 radical (unpaired) electrons. The maximum atomic E-state index is 12.9. The molecular formula is C13H15F2NO3. The van der Waals surface area contributed by atoms with Gasteiger partial charge in [-0.15, -0.1) is 8.78 Å². The largest absolute Gasteiger partial charge is 0.586 e. The maximum Gasteiger partial charge on any atom is 0.586 e. The van der Waals surface area contributed by atoms with Crippen LogP contribution in [0.25, 0.3) is 0 Å². The van der Waals surface area contributed by atoms with Gasteiger partial charge in [0.2, 0.25) is 0 Å². The molecule has 1 fully saturated rings. The summed E-state index contributed by atoms with van der Waals surface area (Å²) in [6.45, 7) is 0. The van der Waals surface area contributed by atoms with Crippen molar-refractivity contribution < 1.29 is 23.4 Å². The minimum Gasteiger partial charge on any atom is -0.395 e. The lowest BCUT2D eigenvalue weighted by molar-refractivity contribution is -0.286. The third kappa shape index (κ3) is 2.58. The predicted octanol–water partition coefficient (Wildman–Crippen LogP) is 2.72. The summed E-state index contributed by atoms with van der Waals surface area (Å²) < 4.78 is 34.5. The number of halogens is 2. The first kappa shape index (κ1) is 12.5. The van der Waals surface area contributed by atoms with E-state index < -0.39 is 12.4 Å². The number of hydrogen-bond donors (Lipinski definition) is 2. The summed E-state index contributed by atoms with van der Waals surface area (Å²) in [6, 6.07) is 4.51. The molecule has 2 aliphatic rings. The van der Waals surface area contributed by atoms with Gasteiger partial charge in [-0.2, -0.15) is 0 Å². The monoisotopic (exact) mass is 271 g/mol. The van der Waals surface area contributed by atoms with Crippen LogP contribution in [0.2, 0.25) is 0 Å². The van der Waals surface area contributed by atoms with Gasteiger partial charge in [-0.05, 0) is 25.0 Å². The molecule has 1 heterocycles. The Labute approximate surface area is 109 Å². The number of nitrogens with one attached hydrogen (secondary N) is 1. The number of alkyl halides is 2. The van der Waals surface area contributed by atoms with Gasteiger partial charge in [0.05, 0.1) is 12.1 Å². The molecule has 1 aliphatic carbocycles. The Balaban J connectivity index is 1.73. The number of fused-ring (bicyclic) bond motifs is 1. The van der Waals surface area contributed by atoms with Crippen molar-refractivity contribution in [2.45, 2.75) is 44.1 Å². The van der Waals surface area contributed by atoms with Crippen molar-refractivity contribution in [3.63, 3.8) is 0 Å². The van der Waals surface area contributed by atoms with E-state index in [4.69, 9.17) is 0 Å². The Morgan fingerprint density at radius 2 is 1.89 bits per heavy atom. The number of rotatable bonds is 2. The van der Waals surface area contributed by atoms with Crippen molar-refractivity contribution in [1.82, 2.24) is 0 Å². The van der Waals surface area contributed by atoms with Crippen LogP contribution in [-0.2, 0) is 0 Å². The molecule has 3 rings (SSSR count). The van der Waals surface area contributed by atoms with Gasteiger partial charge in [-0.3, -0.25) is 0 Å². The molecule has 1 aliphatic heterocycles. The third-order valence-electron chi connectivity index (χ3n) is 3.48. The number of ether oxygens (including phenoxy) is 2. The van der Waals surface area contributed by atoms with Gasteiger partial charge in [0.25, 0.3) is 0 Å². The number of aliphatic hydroxyl groups excluding tert-OH is 1. The summed E-state index contributed by atoms with van der Waals surface area (Å²) in [6.07, 6.45) is -0.290. The Bertz CT molecular complexity index is 481. The lowest BCUT2D eigenvalue weighted by Crippen LogP contribution is -2.36. The average Bonchev–Trinajstić information content (AvgIpc) is 2.65. The van der Waals surface area contributed by atoms with Crippen molar-refractivity contribution >= 4 is 5.69 Å². The van der Waals surface area contributed by atoms with Crippen LogP contribution in [0, 0.1) is 0 Å². The highest BCUT2D eigenvalue weighted by Crippen LogP contribution is 2.42. The Hall–Kier alpha value is -1.56. The molecule has 6 heteroatoms. The van der Waals surface area contributed by atoms with Crippen LogP contribution in [0.15, 0.2) is 18.2 Å². The lowest BCUT2D eigenvalue weighted by Gasteiger charge is -2.29. The molecule has 1 aromatic rings. The van der Waals surface area contributed by atoms with Gasteiger partial charge in [0.1, 0.15) is 0 Å². The summed E-state index contributed by atoms with van der Waals surface area (Å²) in [7, 11) is 0. The van der Waals surface area contributed by atoms with E-state index in [2.05, 4.69) is 14.8 Å².